The van der Waals surface area contributed by atoms with Crippen LogP contribution in [0.25, 0.3) is 0 Å². The number of Topliss-reactive ketones (excluding diaryl/α,β-unsaturated/α-hetero) is 1. The second-order valence-electron chi connectivity index (χ2n) is 6.32. The van der Waals surface area contributed by atoms with E-state index in [0.29, 0.717) is 11.0 Å². The van der Waals surface area contributed by atoms with Gasteiger partial charge in [-0.2, -0.15) is 0 Å². The number of carbonyl (C=O) groups is 1. The molecule has 1 aliphatic rings. The molecule has 0 heterocycles. The largest absolute Gasteiger partial charge is 0.299 e. The van der Waals surface area contributed by atoms with Gasteiger partial charge in [-0.05, 0) is 42.7 Å². The van der Waals surface area contributed by atoms with Gasteiger partial charge in [0.1, 0.15) is 17.4 Å². The van der Waals surface area contributed by atoms with Gasteiger partial charge in [0.15, 0.2) is 0 Å². The lowest BCUT2D eigenvalue weighted by Crippen LogP contribution is -2.27. The maximum Gasteiger partial charge on any atom is 0.140 e. The van der Waals surface area contributed by atoms with Gasteiger partial charge in [0.05, 0.1) is 0 Å². The van der Waals surface area contributed by atoms with E-state index in [4.69, 9.17) is 0 Å². The number of hydrogen-bond donors (Lipinski definition) is 0. The molecule has 1 fully saturated rings. The highest BCUT2D eigenvalue weighted by Crippen LogP contribution is 2.38. The molecule has 3 heteroatoms. The maximum absolute atomic E-state index is 13.5. The first kappa shape index (κ1) is 14.2. The lowest BCUT2D eigenvalue weighted by molar-refractivity contribution is -0.123. The van der Waals surface area contributed by atoms with E-state index in [0.717, 1.165) is 31.7 Å². The quantitative estimate of drug-likeness (QED) is 0.797. The van der Waals surface area contributed by atoms with Gasteiger partial charge in [-0.15, -0.1) is 0 Å². The molecule has 0 N–H and O–H groups in total. The standard InChI is InChI=1S/C16H20F2O/c1-16(2)7-5-11(6-8-16)15(19)9-12-3-4-13(17)10-14(12)18/h3-4,10-11H,5-9H2,1-2H3. The minimum Gasteiger partial charge on any atom is -0.299 e. The summed E-state index contributed by atoms with van der Waals surface area (Å²) in [6, 6.07) is 3.41. The summed E-state index contributed by atoms with van der Waals surface area (Å²) >= 11 is 0. The van der Waals surface area contributed by atoms with Gasteiger partial charge in [0.25, 0.3) is 0 Å². The summed E-state index contributed by atoms with van der Waals surface area (Å²) in [4.78, 5) is 12.2. The summed E-state index contributed by atoms with van der Waals surface area (Å²) in [5.74, 6) is -1.10. The number of halogens is 2. The summed E-state index contributed by atoms with van der Waals surface area (Å²) in [5, 5.41) is 0. The highest BCUT2D eigenvalue weighted by atomic mass is 19.1. The fourth-order valence-electron chi connectivity index (χ4n) is 2.72. The Morgan fingerprint density at radius 2 is 1.89 bits per heavy atom. The van der Waals surface area contributed by atoms with Crippen molar-refractivity contribution >= 4 is 5.78 Å². The van der Waals surface area contributed by atoms with Crippen molar-refractivity contribution in [1.29, 1.82) is 0 Å². The van der Waals surface area contributed by atoms with Crippen LogP contribution in [0.2, 0.25) is 0 Å². The molecule has 1 aromatic rings. The highest BCUT2D eigenvalue weighted by Gasteiger charge is 2.30. The average molecular weight is 266 g/mol. The predicted molar refractivity (Wildman–Crippen MR) is 70.8 cm³/mol. The number of hydrogen-bond acceptors (Lipinski definition) is 1. The SMILES string of the molecule is CC1(C)CCC(C(=O)Cc2ccc(F)cc2F)CC1. The van der Waals surface area contributed by atoms with Gasteiger partial charge < -0.3 is 0 Å². The van der Waals surface area contributed by atoms with Gasteiger partial charge in [-0.3, -0.25) is 4.79 Å². The smallest absolute Gasteiger partial charge is 0.140 e. The summed E-state index contributed by atoms with van der Waals surface area (Å²) in [7, 11) is 0. The van der Waals surface area contributed by atoms with Crippen LogP contribution in [-0.2, 0) is 11.2 Å². The maximum atomic E-state index is 13.5. The predicted octanol–water partition coefficient (Wildman–Crippen LogP) is 4.29. The second kappa shape index (κ2) is 5.40. The first-order valence-corrected chi connectivity index (χ1v) is 6.84. The third-order valence-electron chi connectivity index (χ3n) is 4.17. The molecular weight excluding hydrogens is 246 g/mol. The Kier molecular flexibility index (Phi) is 4.02. The normalized spacial score (nSPS) is 19.4. The van der Waals surface area contributed by atoms with Crippen molar-refractivity contribution in [2.45, 2.75) is 46.0 Å². The van der Waals surface area contributed by atoms with E-state index in [1.54, 1.807) is 0 Å². The molecule has 104 valence electrons. The molecule has 1 nitrogen and oxygen atoms in total. The van der Waals surface area contributed by atoms with Crippen LogP contribution in [0, 0.1) is 23.0 Å². The van der Waals surface area contributed by atoms with Crippen LogP contribution in [0.15, 0.2) is 18.2 Å². The molecule has 0 amide bonds. The first-order chi connectivity index (χ1) is 8.87. The van der Waals surface area contributed by atoms with Gasteiger partial charge in [-0.25, -0.2) is 8.78 Å². The molecule has 0 aromatic heterocycles. The van der Waals surface area contributed by atoms with E-state index in [2.05, 4.69) is 13.8 Å². The van der Waals surface area contributed by atoms with E-state index < -0.39 is 11.6 Å². The van der Waals surface area contributed by atoms with Gasteiger partial charge >= 0.3 is 0 Å². The van der Waals surface area contributed by atoms with Crippen LogP contribution >= 0.6 is 0 Å². The number of carbonyl (C=O) groups excluding carboxylic acids is 1. The molecule has 2 rings (SSSR count). The van der Waals surface area contributed by atoms with Crippen molar-refractivity contribution in [3.63, 3.8) is 0 Å². The molecule has 0 aliphatic heterocycles. The third kappa shape index (κ3) is 3.62. The van der Waals surface area contributed by atoms with E-state index in [-0.39, 0.29) is 18.1 Å². The number of ketones is 1. The fourth-order valence-corrected chi connectivity index (χ4v) is 2.72. The van der Waals surface area contributed by atoms with Crippen molar-refractivity contribution in [1.82, 2.24) is 0 Å². The van der Waals surface area contributed by atoms with Crippen LogP contribution in [0.4, 0.5) is 8.78 Å². The molecule has 19 heavy (non-hydrogen) atoms. The van der Waals surface area contributed by atoms with Gasteiger partial charge in [0, 0.05) is 18.4 Å². The molecular formula is C16H20F2O. The van der Waals surface area contributed by atoms with Crippen LogP contribution < -0.4 is 0 Å². The molecule has 0 radical (unpaired) electrons. The Balaban J connectivity index is 1.98. The summed E-state index contributed by atoms with van der Waals surface area (Å²) in [6.45, 7) is 4.43. The molecule has 1 saturated carbocycles. The Morgan fingerprint density at radius 3 is 2.47 bits per heavy atom. The molecule has 0 unspecified atom stereocenters. The van der Waals surface area contributed by atoms with Crippen molar-refractivity contribution in [3.05, 3.63) is 35.4 Å². The van der Waals surface area contributed by atoms with Gasteiger partial charge in [-0.1, -0.05) is 19.9 Å². The monoisotopic (exact) mass is 266 g/mol. The topological polar surface area (TPSA) is 17.1 Å². The van der Waals surface area contributed by atoms with Crippen molar-refractivity contribution in [2.75, 3.05) is 0 Å². The van der Waals surface area contributed by atoms with E-state index in [1.165, 1.54) is 12.1 Å². The molecule has 1 aromatic carbocycles. The molecule has 0 spiro atoms. The zero-order valence-corrected chi connectivity index (χ0v) is 11.5. The Morgan fingerprint density at radius 1 is 1.26 bits per heavy atom. The van der Waals surface area contributed by atoms with Crippen molar-refractivity contribution in [3.8, 4) is 0 Å². The Hall–Kier alpha value is -1.25. The van der Waals surface area contributed by atoms with Crippen LogP contribution in [0.3, 0.4) is 0 Å². The Labute approximate surface area is 113 Å². The van der Waals surface area contributed by atoms with E-state index in [1.807, 2.05) is 0 Å². The third-order valence-corrected chi connectivity index (χ3v) is 4.17. The minimum atomic E-state index is -0.621. The van der Waals surface area contributed by atoms with Crippen LogP contribution in [-0.4, -0.2) is 5.78 Å². The van der Waals surface area contributed by atoms with Crippen molar-refractivity contribution < 1.29 is 13.6 Å². The van der Waals surface area contributed by atoms with Crippen LogP contribution in [0.5, 0.6) is 0 Å². The minimum absolute atomic E-state index is 0.0393. The van der Waals surface area contributed by atoms with E-state index in [9.17, 15) is 13.6 Å². The summed E-state index contributed by atoms with van der Waals surface area (Å²) < 4.78 is 26.3. The zero-order chi connectivity index (χ0) is 14.0. The highest BCUT2D eigenvalue weighted by molar-refractivity contribution is 5.83. The van der Waals surface area contributed by atoms with Crippen molar-refractivity contribution in [2.24, 2.45) is 11.3 Å². The number of rotatable bonds is 3. The second-order valence-corrected chi connectivity index (χ2v) is 6.32. The average Bonchev–Trinajstić information content (AvgIpc) is 2.32. The summed E-state index contributed by atoms with van der Waals surface area (Å²) in [6.07, 6.45) is 3.92. The summed E-state index contributed by atoms with van der Waals surface area (Å²) in [5.41, 5.74) is 0.619. The zero-order valence-electron chi connectivity index (χ0n) is 11.5. The molecule has 0 atom stereocenters. The van der Waals surface area contributed by atoms with E-state index >= 15 is 0 Å². The first-order valence-electron chi connectivity index (χ1n) is 6.84. The van der Waals surface area contributed by atoms with Gasteiger partial charge in [0.2, 0.25) is 0 Å². The molecule has 0 bridgehead atoms. The fraction of sp³-hybridized carbons (Fsp3) is 0.562. The van der Waals surface area contributed by atoms with Crippen LogP contribution in [0.1, 0.15) is 45.1 Å². The lowest BCUT2D eigenvalue weighted by atomic mass is 9.71. The number of benzene rings is 1. The molecule has 1 aliphatic carbocycles. The Bertz CT molecular complexity index is 470. The molecule has 0 saturated heterocycles. The lowest BCUT2D eigenvalue weighted by Gasteiger charge is -2.33.